The van der Waals surface area contributed by atoms with Crippen molar-refractivity contribution in [2.45, 2.75) is 31.0 Å². The lowest BCUT2D eigenvalue weighted by Gasteiger charge is -2.11. The third kappa shape index (κ3) is 3.19. The number of nitrogens with zero attached hydrogens (tertiary/aromatic N) is 2. The van der Waals surface area contributed by atoms with E-state index in [4.69, 9.17) is 5.11 Å². The number of aryl methyl sites for hydroxylation is 2. The summed E-state index contributed by atoms with van der Waals surface area (Å²) in [5.74, 6) is -1.06. The standard InChI is InChI=1S/C11H14N2O4S/c1-5-8(10(14)15)9(13-7(3)12-5)18-6(2)11(16)17-4/h6H,1-4H3,(H,14,15). The van der Waals surface area contributed by atoms with Crippen molar-refractivity contribution in [1.29, 1.82) is 0 Å². The molecule has 0 fully saturated rings. The van der Waals surface area contributed by atoms with Gasteiger partial charge in [-0.05, 0) is 20.8 Å². The van der Waals surface area contributed by atoms with Crippen LogP contribution in [0.3, 0.4) is 0 Å². The molecule has 1 aromatic heterocycles. The van der Waals surface area contributed by atoms with E-state index in [2.05, 4.69) is 14.7 Å². The highest BCUT2D eigenvalue weighted by Crippen LogP contribution is 2.27. The fraction of sp³-hybridized carbons (Fsp3) is 0.455. The summed E-state index contributed by atoms with van der Waals surface area (Å²) in [6.45, 7) is 4.91. The van der Waals surface area contributed by atoms with Crippen LogP contribution >= 0.6 is 11.8 Å². The second-order valence-corrected chi connectivity index (χ2v) is 4.95. The number of ether oxygens (including phenoxy) is 1. The van der Waals surface area contributed by atoms with Crippen molar-refractivity contribution in [3.63, 3.8) is 0 Å². The lowest BCUT2D eigenvalue weighted by atomic mass is 10.2. The molecule has 0 amide bonds. The molecule has 1 aromatic rings. The van der Waals surface area contributed by atoms with E-state index in [1.807, 2.05) is 0 Å². The molecule has 98 valence electrons. The SMILES string of the molecule is COC(=O)C(C)Sc1nc(C)nc(C)c1C(=O)O. The summed E-state index contributed by atoms with van der Waals surface area (Å²) >= 11 is 1.05. The number of rotatable bonds is 4. The van der Waals surface area contributed by atoms with Crippen LogP contribution in [-0.2, 0) is 9.53 Å². The zero-order valence-electron chi connectivity index (χ0n) is 10.6. The molecule has 1 N–H and O–H groups in total. The third-order valence-corrected chi connectivity index (χ3v) is 3.27. The molecule has 1 heterocycles. The van der Waals surface area contributed by atoms with Crippen LogP contribution < -0.4 is 0 Å². The van der Waals surface area contributed by atoms with Gasteiger partial charge >= 0.3 is 11.9 Å². The van der Waals surface area contributed by atoms with Gasteiger partial charge in [0.25, 0.3) is 0 Å². The first kappa shape index (κ1) is 14.4. The quantitative estimate of drug-likeness (QED) is 0.503. The molecule has 0 aliphatic heterocycles. The summed E-state index contributed by atoms with van der Waals surface area (Å²) in [6, 6.07) is 0. The van der Waals surface area contributed by atoms with Gasteiger partial charge in [0.2, 0.25) is 0 Å². The highest BCUT2D eigenvalue weighted by Gasteiger charge is 2.22. The van der Waals surface area contributed by atoms with Crippen LogP contribution in [0.25, 0.3) is 0 Å². The molecule has 18 heavy (non-hydrogen) atoms. The van der Waals surface area contributed by atoms with Gasteiger partial charge in [0.15, 0.2) is 0 Å². The zero-order chi connectivity index (χ0) is 13.9. The molecule has 0 radical (unpaired) electrons. The Morgan fingerprint density at radius 3 is 2.44 bits per heavy atom. The van der Waals surface area contributed by atoms with E-state index in [9.17, 15) is 9.59 Å². The predicted octanol–water partition coefficient (Wildman–Crippen LogP) is 1.45. The van der Waals surface area contributed by atoms with Crippen molar-refractivity contribution in [3.8, 4) is 0 Å². The molecule has 7 heteroatoms. The number of methoxy groups -OCH3 is 1. The number of hydrogen-bond donors (Lipinski definition) is 1. The lowest BCUT2D eigenvalue weighted by Crippen LogP contribution is -2.17. The number of aromatic nitrogens is 2. The number of thioether (sulfide) groups is 1. The minimum atomic E-state index is -1.10. The van der Waals surface area contributed by atoms with Crippen LogP contribution in [-0.4, -0.2) is 39.4 Å². The van der Waals surface area contributed by atoms with Crippen molar-refractivity contribution >= 4 is 23.7 Å². The fourth-order valence-corrected chi connectivity index (χ4v) is 2.46. The van der Waals surface area contributed by atoms with Gasteiger partial charge in [-0.15, -0.1) is 0 Å². The van der Waals surface area contributed by atoms with E-state index < -0.39 is 17.2 Å². The van der Waals surface area contributed by atoms with Crippen LogP contribution in [0.5, 0.6) is 0 Å². The molecule has 0 saturated heterocycles. The Balaban J connectivity index is 3.15. The molecule has 0 aliphatic rings. The molecule has 1 atom stereocenters. The van der Waals surface area contributed by atoms with Crippen LogP contribution in [0.15, 0.2) is 5.03 Å². The molecule has 0 saturated carbocycles. The molecule has 0 spiro atoms. The van der Waals surface area contributed by atoms with Gasteiger partial charge in [0, 0.05) is 0 Å². The van der Waals surface area contributed by atoms with E-state index in [0.29, 0.717) is 11.5 Å². The molecule has 6 nitrogen and oxygen atoms in total. The average Bonchev–Trinajstić information content (AvgIpc) is 2.26. The number of carboxylic acids is 1. The summed E-state index contributed by atoms with van der Waals surface area (Å²) in [5, 5.41) is 8.89. The maximum Gasteiger partial charge on any atom is 0.340 e. The van der Waals surface area contributed by atoms with Gasteiger partial charge in [-0.3, -0.25) is 4.79 Å². The van der Waals surface area contributed by atoms with Gasteiger partial charge in [0.05, 0.1) is 12.8 Å². The van der Waals surface area contributed by atoms with Crippen molar-refractivity contribution in [1.82, 2.24) is 9.97 Å². The Morgan fingerprint density at radius 1 is 1.33 bits per heavy atom. The van der Waals surface area contributed by atoms with Crippen molar-refractivity contribution in [2.75, 3.05) is 7.11 Å². The van der Waals surface area contributed by atoms with Crippen molar-refractivity contribution < 1.29 is 19.4 Å². The third-order valence-electron chi connectivity index (χ3n) is 2.20. The minimum Gasteiger partial charge on any atom is -0.478 e. The average molecular weight is 270 g/mol. The number of esters is 1. The zero-order valence-corrected chi connectivity index (χ0v) is 11.4. The molecule has 0 bridgehead atoms. The van der Waals surface area contributed by atoms with Gasteiger partial charge in [-0.25, -0.2) is 14.8 Å². The van der Waals surface area contributed by atoms with Crippen LogP contribution in [0, 0.1) is 13.8 Å². The number of hydrogen-bond acceptors (Lipinski definition) is 6. The second kappa shape index (κ2) is 5.81. The number of aromatic carboxylic acids is 1. The van der Waals surface area contributed by atoms with Crippen LogP contribution in [0.4, 0.5) is 0 Å². The van der Waals surface area contributed by atoms with E-state index >= 15 is 0 Å². The summed E-state index contributed by atoms with van der Waals surface area (Å²) < 4.78 is 4.59. The van der Waals surface area contributed by atoms with Gasteiger partial charge in [-0.2, -0.15) is 0 Å². The smallest absolute Gasteiger partial charge is 0.340 e. The van der Waals surface area contributed by atoms with Crippen molar-refractivity contribution in [2.24, 2.45) is 0 Å². The Bertz CT molecular complexity index is 490. The highest BCUT2D eigenvalue weighted by atomic mass is 32.2. The lowest BCUT2D eigenvalue weighted by molar-refractivity contribution is -0.139. The summed E-state index contributed by atoms with van der Waals surface area (Å²) in [4.78, 5) is 30.6. The fourth-order valence-electron chi connectivity index (χ4n) is 1.39. The largest absolute Gasteiger partial charge is 0.478 e. The topological polar surface area (TPSA) is 89.4 Å². The first-order valence-corrected chi connectivity index (χ1v) is 6.07. The van der Waals surface area contributed by atoms with E-state index in [1.54, 1.807) is 20.8 Å². The summed E-state index contributed by atoms with van der Waals surface area (Å²) in [7, 11) is 1.29. The first-order chi connectivity index (χ1) is 8.36. The van der Waals surface area contributed by atoms with Crippen molar-refractivity contribution in [3.05, 3.63) is 17.1 Å². The highest BCUT2D eigenvalue weighted by molar-refractivity contribution is 8.00. The summed E-state index contributed by atoms with van der Waals surface area (Å²) in [6.07, 6.45) is 0. The number of carbonyl (C=O) groups excluding carboxylic acids is 1. The Morgan fingerprint density at radius 2 is 1.94 bits per heavy atom. The predicted molar refractivity (Wildman–Crippen MR) is 65.8 cm³/mol. The normalized spacial score (nSPS) is 12.0. The second-order valence-electron chi connectivity index (χ2n) is 3.62. The maximum atomic E-state index is 11.3. The van der Waals surface area contributed by atoms with Gasteiger partial charge < -0.3 is 9.84 Å². The van der Waals surface area contributed by atoms with Crippen LogP contribution in [0.1, 0.15) is 28.8 Å². The molecular weight excluding hydrogens is 256 g/mol. The first-order valence-electron chi connectivity index (χ1n) is 5.19. The maximum absolute atomic E-state index is 11.3. The summed E-state index contributed by atoms with van der Waals surface area (Å²) in [5.41, 5.74) is 0.413. The van der Waals surface area contributed by atoms with E-state index in [1.165, 1.54) is 7.11 Å². The Kier molecular flexibility index (Phi) is 4.66. The number of carboxylic acid groups (broad SMARTS) is 1. The Hall–Kier alpha value is -1.63. The molecule has 1 rings (SSSR count). The van der Waals surface area contributed by atoms with E-state index in [-0.39, 0.29) is 10.6 Å². The van der Waals surface area contributed by atoms with Gasteiger partial charge in [0.1, 0.15) is 21.7 Å². The van der Waals surface area contributed by atoms with E-state index in [0.717, 1.165) is 11.8 Å². The monoisotopic (exact) mass is 270 g/mol. The van der Waals surface area contributed by atoms with Gasteiger partial charge in [-0.1, -0.05) is 11.8 Å². The minimum absolute atomic E-state index is 0.0290. The molecule has 0 aromatic carbocycles. The van der Waals surface area contributed by atoms with Crippen LogP contribution in [0.2, 0.25) is 0 Å². The molecule has 1 unspecified atom stereocenters. The Labute approximate surface area is 109 Å². The molecular formula is C11H14N2O4S. The molecule has 0 aliphatic carbocycles. The number of carbonyl (C=O) groups is 2.